The van der Waals surface area contributed by atoms with E-state index >= 15 is 0 Å². The van der Waals surface area contributed by atoms with Gasteiger partial charge in [0.05, 0.1) is 23.5 Å². The van der Waals surface area contributed by atoms with Crippen LogP contribution in [0, 0.1) is 0 Å². The lowest BCUT2D eigenvalue weighted by molar-refractivity contribution is -0.137. The molecule has 2 N–H and O–H groups in total. The number of hydrogen-bond acceptors (Lipinski definition) is 5. The lowest BCUT2D eigenvalue weighted by Crippen LogP contribution is -2.49. The Morgan fingerprint density at radius 2 is 1.92 bits per heavy atom. The molecule has 2 aliphatic heterocycles. The molecule has 2 aliphatic rings. The summed E-state index contributed by atoms with van der Waals surface area (Å²) in [5.74, 6) is 0.692. The molecule has 4 rings (SSSR count). The van der Waals surface area contributed by atoms with E-state index < -0.39 is 11.7 Å². The van der Waals surface area contributed by atoms with Gasteiger partial charge in [-0.2, -0.15) is 13.2 Å². The van der Waals surface area contributed by atoms with Crippen LogP contribution in [0.25, 0.3) is 16.8 Å². The van der Waals surface area contributed by atoms with E-state index in [-0.39, 0.29) is 18.0 Å². The Kier molecular flexibility index (Phi) is 8.89. The molecular weight excluding hydrogens is 515 g/mol. The normalized spacial score (nSPS) is 19.5. The van der Waals surface area contributed by atoms with Gasteiger partial charge in [0, 0.05) is 35.3 Å². The van der Waals surface area contributed by atoms with Crippen LogP contribution in [0.5, 0.6) is 0 Å². The van der Waals surface area contributed by atoms with Crippen molar-refractivity contribution in [1.82, 2.24) is 20.6 Å². The van der Waals surface area contributed by atoms with Crippen molar-refractivity contribution < 1.29 is 18.0 Å². The average Bonchev–Trinajstić information content (AvgIpc) is 3.47. The maximum absolute atomic E-state index is 13.1. The van der Waals surface area contributed by atoms with Crippen molar-refractivity contribution in [3.63, 3.8) is 0 Å². The first-order valence-corrected chi connectivity index (χ1v) is 13.1. The fourth-order valence-electron chi connectivity index (χ4n) is 4.76. The number of anilines is 1. The van der Waals surface area contributed by atoms with Crippen molar-refractivity contribution in [3.8, 4) is 11.3 Å². The van der Waals surface area contributed by atoms with Crippen LogP contribution < -0.4 is 15.5 Å². The van der Waals surface area contributed by atoms with E-state index in [0.717, 1.165) is 44.4 Å². The molecule has 0 bridgehead atoms. The van der Waals surface area contributed by atoms with Crippen LogP contribution in [-0.4, -0.2) is 47.6 Å². The van der Waals surface area contributed by atoms with Crippen LogP contribution in [-0.2, 0) is 11.0 Å². The van der Waals surface area contributed by atoms with Gasteiger partial charge in [-0.3, -0.25) is 9.78 Å². The van der Waals surface area contributed by atoms with E-state index in [1.165, 1.54) is 18.2 Å². The number of rotatable bonds is 7. The summed E-state index contributed by atoms with van der Waals surface area (Å²) in [5, 5.41) is 6.74. The number of nitrogens with zero attached hydrogens (tertiary/aromatic N) is 3. The Labute approximate surface area is 225 Å². The monoisotopic (exact) mass is 545 g/mol. The largest absolute Gasteiger partial charge is 0.416 e. The van der Waals surface area contributed by atoms with Crippen LogP contribution in [0.2, 0.25) is 0 Å². The Morgan fingerprint density at radius 3 is 2.50 bits per heavy atom. The van der Waals surface area contributed by atoms with E-state index in [1.807, 2.05) is 6.92 Å². The van der Waals surface area contributed by atoms with Crippen molar-refractivity contribution in [2.45, 2.75) is 50.9 Å². The molecule has 0 radical (unpaired) electrons. The minimum absolute atomic E-state index is 0.0594. The molecular formula is C28H31ClF3N5O. The minimum Gasteiger partial charge on any atom is -0.355 e. The highest BCUT2D eigenvalue weighted by Gasteiger charge is 2.31. The fourth-order valence-corrected chi connectivity index (χ4v) is 4.91. The second-order valence-corrected chi connectivity index (χ2v) is 9.79. The molecule has 6 nitrogen and oxygen atoms in total. The highest BCUT2D eigenvalue weighted by Crippen LogP contribution is 2.35. The summed E-state index contributed by atoms with van der Waals surface area (Å²) in [5.41, 5.74) is 1.19. The summed E-state index contributed by atoms with van der Waals surface area (Å²) >= 11 is 6.48. The molecule has 38 heavy (non-hydrogen) atoms. The topological polar surface area (TPSA) is 70.2 Å². The third kappa shape index (κ3) is 6.45. The van der Waals surface area contributed by atoms with Crippen molar-refractivity contribution >= 4 is 28.9 Å². The lowest BCUT2D eigenvalue weighted by atomic mass is 10.0. The molecule has 0 aliphatic carbocycles. The average molecular weight is 546 g/mol. The lowest BCUT2D eigenvalue weighted by Gasteiger charge is -2.33. The van der Waals surface area contributed by atoms with Crippen molar-refractivity contribution in [2.75, 3.05) is 24.5 Å². The van der Waals surface area contributed by atoms with Gasteiger partial charge in [0.25, 0.3) is 0 Å². The first-order valence-electron chi connectivity index (χ1n) is 12.7. The Hall–Kier alpha value is -3.17. The number of alkyl halides is 3. The standard InChI is InChI=1S/C28H31ClF3N5O/c1-3-6-21(22(29)4-2)26-25(18-8-10-19(11-9-18)28(30,31)32)34-17-24(36-26)37-15-12-20(13-16-37)35-27(38)23-7-5-14-33-23/h3-4,6,8-11,17,20,23,33H,2,5,7,12-16H2,1H3,(H,35,38)/b6-3-,22-21-/t23-/m0/s1. The van der Waals surface area contributed by atoms with Crippen LogP contribution >= 0.6 is 11.6 Å². The number of allylic oxidation sites excluding steroid dienone is 5. The number of amides is 1. The number of nitrogens with one attached hydrogen (secondary N) is 2. The molecule has 0 saturated carbocycles. The van der Waals surface area contributed by atoms with Crippen LogP contribution in [0.3, 0.4) is 0 Å². The molecule has 202 valence electrons. The van der Waals surface area contributed by atoms with Crippen LogP contribution in [0.4, 0.5) is 19.0 Å². The molecule has 0 unspecified atom stereocenters. The number of aromatic nitrogens is 2. The number of halogens is 4. The number of carbonyl (C=O) groups excluding carboxylic acids is 1. The summed E-state index contributed by atoms with van der Waals surface area (Å²) in [6.07, 6.45) is 5.69. The first-order chi connectivity index (χ1) is 18.2. The number of benzene rings is 1. The quantitative estimate of drug-likeness (QED) is 0.436. The van der Waals surface area contributed by atoms with Gasteiger partial charge in [0.2, 0.25) is 5.91 Å². The molecule has 1 amide bonds. The van der Waals surface area contributed by atoms with E-state index in [1.54, 1.807) is 18.3 Å². The van der Waals surface area contributed by atoms with Crippen LogP contribution in [0.1, 0.15) is 43.9 Å². The second-order valence-electron chi connectivity index (χ2n) is 9.39. The van der Waals surface area contributed by atoms with Crippen molar-refractivity contribution in [1.29, 1.82) is 0 Å². The molecule has 1 aromatic heterocycles. The van der Waals surface area contributed by atoms with Gasteiger partial charge in [-0.25, -0.2) is 4.98 Å². The SMILES string of the molecule is C=C/C(Cl)=C(\C=C/C)c1nc(N2CCC(NC(=O)[C@@H]3CCCN3)CC2)cnc1-c1ccc(C(F)(F)F)cc1. The van der Waals surface area contributed by atoms with Crippen molar-refractivity contribution in [3.05, 3.63) is 71.6 Å². The van der Waals surface area contributed by atoms with Gasteiger partial charge in [0.15, 0.2) is 0 Å². The maximum Gasteiger partial charge on any atom is 0.416 e. The van der Waals surface area contributed by atoms with Gasteiger partial charge in [-0.15, -0.1) is 0 Å². The Morgan fingerprint density at radius 1 is 1.21 bits per heavy atom. The third-order valence-electron chi connectivity index (χ3n) is 6.81. The van der Waals surface area contributed by atoms with Gasteiger partial charge in [-0.1, -0.05) is 48.5 Å². The molecule has 1 aromatic carbocycles. The molecule has 0 spiro atoms. The molecule has 10 heteroatoms. The summed E-state index contributed by atoms with van der Waals surface area (Å²) in [4.78, 5) is 24.1. The zero-order valence-electron chi connectivity index (χ0n) is 21.2. The highest BCUT2D eigenvalue weighted by molar-refractivity contribution is 6.35. The van der Waals surface area contributed by atoms with Crippen molar-refractivity contribution in [2.24, 2.45) is 0 Å². The Bertz CT molecular complexity index is 1210. The summed E-state index contributed by atoms with van der Waals surface area (Å²) in [6, 6.07) is 4.82. The summed E-state index contributed by atoms with van der Waals surface area (Å²) < 4.78 is 39.3. The van der Waals surface area contributed by atoms with Gasteiger partial charge < -0.3 is 15.5 Å². The first kappa shape index (κ1) is 27.9. The number of hydrogen-bond donors (Lipinski definition) is 2. The fraction of sp³-hybridized carbons (Fsp3) is 0.393. The van der Waals surface area contributed by atoms with Gasteiger partial charge >= 0.3 is 6.18 Å². The predicted molar refractivity (Wildman–Crippen MR) is 145 cm³/mol. The highest BCUT2D eigenvalue weighted by atomic mass is 35.5. The van der Waals surface area contributed by atoms with E-state index in [2.05, 4.69) is 27.1 Å². The number of piperidine rings is 1. The molecule has 1 atom stereocenters. The number of carbonyl (C=O) groups is 1. The van der Waals surface area contributed by atoms with E-state index in [4.69, 9.17) is 16.6 Å². The van der Waals surface area contributed by atoms with Gasteiger partial charge in [0.1, 0.15) is 11.5 Å². The molecule has 3 heterocycles. The Balaban J connectivity index is 1.60. The molecule has 2 saturated heterocycles. The smallest absolute Gasteiger partial charge is 0.355 e. The molecule has 2 fully saturated rings. The van der Waals surface area contributed by atoms with Crippen LogP contribution in [0.15, 0.2) is 60.3 Å². The summed E-state index contributed by atoms with van der Waals surface area (Å²) in [6.45, 7) is 7.82. The zero-order valence-corrected chi connectivity index (χ0v) is 21.9. The predicted octanol–water partition coefficient (Wildman–Crippen LogP) is 5.71. The third-order valence-corrected chi connectivity index (χ3v) is 7.17. The molecule has 2 aromatic rings. The zero-order chi connectivity index (χ0) is 27.3. The minimum atomic E-state index is -4.43. The second kappa shape index (κ2) is 12.1. The van der Waals surface area contributed by atoms with E-state index in [9.17, 15) is 18.0 Å². The maximum atomic E-state index is 13.1. The van der Waals surface area contributed by atoms with Gasteiger partial charge in [-0.05, 0) is 51.3 Å². The van der Waals surface area contributed by atoms with E-state index in [0.29, 0.717) is 46.5 Å². The summed E-state index contributed by atoms with van der Waals surface area (Å²) in [7, 11) is 0.